The maximum absolute atomic E-state index is 5.11. The Morgan fingerprint density at radius 2 is 1.67 bits per heavy atom. The van der Waals surface area contributed by atoms with Crippen molar-refractivity contribution in [3.05, 3.63) is 71.0 Å². The van der Waals surface area contributed by atoms with E-state index in [4.69, 9.17) is 4.99 Å². The highest BCUT2D eigenvalue weighted by molar-refractivity contribution is 7.98. The predicted octanol–water partition coefficient (Wildman–Crippen LogP) is 6.73. The molecule has 3 aromatic carbocycles. The van der Waals surface area contributed by atoms with E-state index >= 15 is 0 Å². The van der Waals surface area contributed by atoms with Crippen LogP contribution in [0.3, 0.4) is 0 Å². The number of benzene rings is 3. The van der Waals surface area contributed by atoms with Gasteiger partial charge < -0.3 is 9.13 Å². The summed E-state index contributed by atoms with van der Waals surface area (Å²) in [4.78, 5) is 6.18. The Hall–Kier alpha value is -2.50. The molecule has 0 aliphatic rings. The molecule has 0 N–H and O–H groups in total. The number of para-hydroxylation sites is 1. The number of fused-ring (bicyclic) bond motifs is 4. The molecule has 5 heteroatoms. The lowest BCUT2D eigenvalue weighted by Gasteiger charge is -2.04. The number of aromatic nitrogens is 2. The highest BCUT2D eigenvalue weighted by Gasteiger charge is 2.11. The fraction of sp³-hybridized carbons (Fsp3) is 0.240. The molecule has 0 amide bonds. The van der Waals surface area contributed by atoms with Crippen LogP contribution in [0.1, 0.15) is 12.5 Å². The van der Waals surface area contributed by atoms with Crippen LogP contribution in [0.5, 0.6) is 0 Å². The average Bonchev–Trinajstić information content (AvgIpc) is 3.26. The molecule has 0 saturated heterocycles. The molecule has 3 nitrogen and oxygen atoms in total. The molecule has 30 heavy (non-hydrogen) atoms. The quantitative estimate of drug-likeness (QED) is 0.302. The Labute approximate surface area is 184 Å². The van der Waals surface area contributed by atoms with Crippen molar-refractivity contribution in [1.29, 1.82) is 0 Å². The van der Waals surface area contributed by atoms with Crippen molar-refractivity contribution in [2.75, 3.05) is 12.0 Å². The fourth-order valence-electron chi connectivity index (χ4n) is 4.23. The number of nitrogens with zero attached hydrogens (tertiary/aromatic N) is 3. The summed E-state index contributed by atoms with van der Waals surface area (Å²) in [6.45, 7) is 6.31. The summed E-state index contributed by atoms with van der Waals surface area (Å²) in [6, 6.07) is 22.0. The van der Waals surface area contributed by atoms with E-state index in [0.29, 0.717) is 0 Å². The number of hydrogen-bond donors (Lipinski definition) is 0. The molecular formula is C25H25N3S2. The van der Waals surface area contributed by atoms with Crippen LogP contribution in [0, 0.1) is 6.92 Å². The van der Waals surface area contributed by atoms with Crippen molar-refractivity contribution in [2.45, 2.75) is 26.9 Å². The number of hydrogen-bond acceptors (Lipinski definition) is 3. The first-order valence-corrected chi connectivity index (χ1v) is 12.6. The van der Waals surface area contributed by atoms with E-state index in [-0.39, 0.29) is 0 Å². The lowest BCUT2D eigenvalue weighted by atomic mass is 10.1. The van der Waals surface area contributed by atoms with E-state index in [9.17, 15) is 0 Å². The summed E-state index contributed by atoms with van der Waals surface area (Å²) in [7, 11) is 0. The number of thiazole rings is 1. The van der Waals surface area contributed by atoms with E-state index in [1.54, 1.807) is 11.3 Å². The lowest BCUT2D eigenvalue weighted by Crippen LogP contribution is -2.15. The van der Waals surface area contributed by atoms with E-state index in [0.717, 1.165) is 29.3 Å². The summed E-state index contributed by atoms with van der Waals surface area (Å²) in [6.07, 6.45) is 2.16. The third-order valence-electron chi connectivity index (χ3n) is 5.65. The van der Waals surface area contributed by atoms with Gasteiger partial charge >= 0.3 is 0 Å². The zero-order chi connectivity index (χ0) is 20.7. The van der Waals surface area contributed by atoms with Gasteiger partial charge in [0, 0.05) is 40.6 Å². The summed E-state index contributed by atoms with van der Waals surface area (Å²) >= 11 is 3.64. The molecule has 0 fully saturated rings. The first-order chi connectivity index (χ1) is 14.7. The van der Waals surface area contributed by atoms with E-state index < -0.39 is 0 Å². The first-order valence-electron chi connectivity index (χ1n) is 10.3. The van der Waals surface area contributed by atoms with Crippen LogP contribution >= 0.6 is 23.1 Å². The zero-order valence-corrected chi connectivity index (χ0v) is 19.2. The van der Waals surface area contributed by atoms with Crippen LogP contribution in [0.15, 0.2) is 65.7 Å². The molecule has 5 rings (SSSR count). The minimum Gasteiger partial charge on any atom is -0.341 e. The summed E-state index contributed by atoms with van der Waals surface area (Å²) in [5.74, 6) is 1.08. The maximum atomic E-state index is 5.11. The van der Waals surface area contributed by atoms with Gasteiger partial charge in [0.25, 0.3) is 0 Å². The van der Waals surface area contributed by atoms with Crippen molar-refractivity contribution in [1.82, 2.24) is 9.13 Å². The highest BCUT2D eigenvalue weighted by atomic mass is 32.2. The summed E-state index contributed by atoms with van der Waals surface area (Å²) in [5.41, 5.74) is 6.16. The molecular weight excluding hydrogens is 406 g/mol. The number of aryl methyl sites for hydroxylation is 3. The van der Waals surface area contributed by atoms with Crippen LogP contribution in [-0.4, -0.2) is 21.1 Å². The molecule has 2 aromatic heterocycles. The minimum atomic E-state index is 0.963. The van der Waals surface area contributed by atoms with E-state index in [2.05, 4.69) is 89.9 Å². The number of rotatable bonds is 5. The van der Waals surface area contributed by atoms with Crippen molar-refractivity contribution in [3.63, 3.8) is 0 Å². The van der Waals surface area contributed by atoms with Crippen LogP contribution in [0.4, 0.5) is 5.69 Å². The van der Waals surface area contributed by atoms with Gasteiger partial charge in [-0.25, -0.2) is 4.99 Å². The molecule has 0 atom stereocenters. The maximum Gasteiger partial charge on any atom is 0.190 e. The van der Waals surface area contributed by atoms with Crippen molar-refractivity contribution in [3.8, 4) is 0 Å². The fourth-order valence-corrected chi connectivity index (χ4v) is 5.67. The van der Waals surface area contributed by atoms with Gasteiger partial charge in [-0.2, -0.15) is 11.8 Å². The standard InChI is InChI=1S/C25H25N3S2/c1-4-27-21-11-9-17(2)15-19(21)20-16-18(10-12-22(20)27)26-25-28(13-14-29-3)23-7-5-6-8-24(23)30-25/h5-12,15-16H,4,13-14H2,1-3H3. The van der Waals surface area contributed by atoms with Gasteiger partial charge in [0.2, 0.25) is 0 Å². The Kier molecular flexibility index (Phi) is 5.17. The molecule has 0 bridgehead atoms. The van der Waals surface area contributed by atoms with E-state index in [1.165, 1.54) is 37.6 Å². The molecule has 0 radical (unpaired) electrons. The van der Waals surface area contributed by atoms with Gasteiger partial charge in [-0.05, 0) is 62.6 Å². The minimum absolute atomic E-state index is 0.963. The monoisotopic (exact) mass is 431 g/mol. The topological polar surface area (TPSA) is 22.2 Å². The second-order valence-electron chi connectivity index (χ2n) is 7.57. The Balaban J connectivity index is 1.73. The van der Waals surface area contributed by atoms with Crippen molar-refractivity contribution in [2.24, 2.45) is 4.99 Å². The number of thioether (sulfide) groups is 1. The highest BCUT2D eigenvalue weighted by Crippen LogP contribution is 2.32. The molecule has 2 heterocycles. The molecule has 0 aliphatic heterocycles. The molecule has 0 unspecified atom stereocenters. The van der Waals surface area contributed by atoms with Gasteiger partial charge in [-0.1, -0.05) is 35.1 Å². The lowest BCUT2D eigenvalue weighted by molar-refractivity contribution is 0.775. The Bertz CT molecular complexity index is 1440. The third-order valence-corrected chi connectivity index (χ3v) is 7.30. The summed E-state index contributed by atoms with van der Waals surface area (Å²) in [5, 5.41) is 2.60. The Morgan fingerprint density at radius 3 is 2.47 bits per heavy atom. The Morgan fingerprint density at radius 1 is 0.900 bits per heavy atom. The normalized spacial score (nSPS) is 12.6. The average molecular weight is 432 g/mol. The zero-order valence-electron chi connectivity index (χ0n) is 17.6. The van der Waals surface area contributed by atoms with Gasteiger partial charge in [-0.15, -0.1) is 0 Å². The third kappa shape index (κ3) is 3.26. The summed E-state index contributed by atoms with van der Waals surface area (Å²) < 4.78 is 6.04. The van der Waals surface area contributed by atoms with Crippen LogP contribution in [0.25, 0.3) is 32.0 Å². The van der Waals surface area contributed by atoms with Gasteiger partial charge in [0.05, 0.1) is 15.9 Å². The second-order valence-corrected chi connectivity index (χ2v) is 9.57. The van der Waals surface area contributed by atoms with Gasteiger partial charge in [0.15, 0.2) is 4.80 Å². The SMILES string of the molecule is CCn1c2ccc(C)cc2c2cc(N=c3sc4ccccc4n3CCSC)ccc21. The molecule has 0 aliphatic carbocycles. The second kappa shape index (κ2) is 7.97. The van der Waals surface area contributed by atoms with Crippen LogP contribution in [0.2, 0.25) is 0 Å². The van der Waals surface area contributed by atoms with Crippen LogP contribution < -0.4 is 4.80 Å². The molecule has 5 aromatic rings. The smallest absolute Gasteiger partial charge is 0.190 e. The molecule has 0 saturated carbocycles. The van der Waals surface area contributed by atoms with Crippen LogP contribution in [-0.2, 0) is 13.1 Å². The van der Waals surface area contributed by atoms with Gasteiger partial charge in [-0.3, -0.25) is 0 Å². The molecule has 152 valence electrons. The molecule has 0 spiro atoms. The largest absolute Gasteiger partial charge is 0.341 e. The predicted molar refractivity (Wildman–Crippen MR) is 133 cm³/mol. The van der Waals surface area contributed by atoms with Crippen molar-refractivity contribution >= 4 is 60.8 Å². The first kappa shape index (κ1) is 19.5. The van der Waals surface area contributed by atoms with E-state index in [1.807, 2.05) is 11.8 Å². The van der Waals surface area contributed by atoms with Gasteiger partial charge in [0.1, 0.15) is 0 Å². The van der Waals surface area contributed by atoms with Crippen molar-refractivity contribution < 1.29 is 0 Å².